The van der Waals surface area contributed by atoms with Gasteiger partial charge in [-0.2, -0.15) is 0 Å². The number of hydrogen-bond donors (Lipinski definition) is 0. The highest BCUT2D eigenvalue weighted by atomic mass is 32.2. The molecular formula is C18H18FNO3S. The maximum Gasteiger partial charge on any atom is 0.258 e. The Morgan fingerprint density at radius 2 is 2.00 bits per heavy atom. The van der Waals surface area contributed by atoms with Gasteiger partial charge in [0.05, 0.1) is 19.8 Å². The Kier molecular flexibility index (Phi) is 4.94. The smallest absolute Gasteiger partial charge is 0.258 e. The van der Waals surface area contributed by atoms with Gasteiger partial charge in [-0.05, 0) is 24.3 Å². The Labute approximate surface area is 144 Å². The molecule has 0 bridgehead atoms. The van der Waals surface area contributed by atoms with E-state index >= 15 is 0 Å². The van der Waals surface area contributed by atoms with E-state index in [2.05, 4.69) is 0 Å². The van der Waals surface area contributed by atoms with Gasteiger partial charge in [0, 0.05) is 23.9 Å². The zero-order valence-corrected chi connectivity index (χ0v) is 14.3. The molecule has 3 rings (SSSR count). The van der Waals surface area contributed by atoms with E-state index in [-0.39, 0.29) is 16.8 Å². The number of methoxy groups -OCH3 is 2. The van der Waals surface area contributed by atoms with Gasteiger partial charge in [-0.25, -0.2) is 4.39 Å². The molecule has 1 heterocycles. The minimum atomic E-state index is -0.500. The summed E-state index contributed by atoms with van der Waals surface area (Å²) < 4.78 is 24.6. The van der Waals surface area contributed by atoms with Crippen LogP contribution in [0.25, 0.3) is 0 Å². The molecule has 1 fully saturated rings. The van der Waals surface area contributed by atoms with Crippen molar-refractivity contribution in [1.29, 1.82) is 0 Å². The molecule has 4 nitrogen and oxygen atoms in total. The second kappa shape index (κ2) is 7.13. The molecule has 1 aliphatic rings. The van der Waals surface area contributed by atoms with Crippen LogP contribution in [0.4, 0.5) is 4.39 Å². The molecule has 0 unspecified atom stereocenters. The molecule has 126 valence electrons. The van der Waals surface area contributed by atoms with Crippen molar-refractivity contribution >= 4 is 17.7 Å². The van der Waals surface area contributed by atoms with Crippen LogP contribution in [-0.2, 0) is 0 Å². The van der Waals surface area contributed by atoms with Crippen LogP contribution in [0.15, 0.2) is 42.5 Å². The SMILES string of the molecule is COc1ccc([C@@H]2SCCN2C(=O)c2ccccc2F)c(OC)c1. The molecule has 0 N–H and O–H groups in total. The van der Waals surface area contributed by atoms with Gasteiger partial charge in [-0.15, -0.1) is 11.8 Å². The molecule has 0 aromatic heterocycles. The van der Waals surface area contributed by atoms with Gasteiger partial charge in [-0.3, -0.25) is 4.79 Å². The highest BCUT2D eigenvalue weighted by molar-refractivity contribution is 7.99. The van der Waals surface area contributed by atoms with Gasteiger partial charge in [0.1, 0.15) is 22.7 Å². The van der Waals surface area contributed by atoms with Gasteiger partial charge in [0.25, 0.3) is 5.91 Å². The topological polar surface area (TPSA) is 38.8 Å². The maximum atomic E-state index is 14.0. The molecule has 1 atom stereocenters. The Morgan fingerprint density at radius 1 is 1.21 bits per heavy atom. The first-order chi connectivity index (χ1) is 11.7. The average Bonchev–Trinajstić information content (AvgIpc) is 3.10. The standard InChI is InChI=1S/C18H18FNO3S/c1-22-12-7-8-14(16(11-12)23-2)18-20(9-10-24-18)17(21)13-5-3-4-6-15(13)19/h3-8,11,18H,9-10H2,1-2H3/t18-/m0/s1. The highest BCUT2D eigenvalue weighted by Gasteiger charge is 2.34. The van der Waals surface area contributed by atoms with Crippen LogP contribution in [0.1, 0.15) is 21.3 Å². The summed E-state index contributed by atoms with van der Waals surface area (Å²) in [6, 6.07) is 11.6. The van der Waals surface area contributed by atoms with Gasteiger partial charge in [0.15, 0.2) is 0 Å². The Balaban J connectivity index is 1.94. The molecular weight excluding hydrogens is 329 g/mol. The molecule has 1 saturated heterocycles. The maximum absolute atomic E-state index is 14.0. The molecule has 24 heavy (non-hydrogen) atoms. The van der Waals surface area contributed by atoms with Crippen molar-refractivity contribution in [2.75, 3.05) is 26.5 Å². The lowest BCUT2D eigenvalue weighted by Crippen LogP contribution is -2.31. The van der Waals surface area contributed by atoms with Crippen molar-refractivity contribution in [2.24, 2.45) is 0 Å². The molecule has 0 aliphatic carbocycles. The van der Waals surface area contributed by atoms with E-state index in [0.717, 1.165) is 11.3 Å². The third-order valence-corrected chi connectivity index (χ3v) is 5.21. The van der Waals surface area contributed by atoms with Crippen LogP contribution in [0.3, 0.4) is 0 Å². The van der Waals surface area contributed by atoms with E-state index in [1.807, 2.05) is 12.1 Å². The second-order valence-electron chi connectivity index (χ2n) is 5.31. The zero-order chi connectivity index (χ0) is 17.1. The third kappa shape index (κ3) is 3.06. The van der Waals surface area contributed by atoms with Crippen LogP contribution in [0, 0.1) is 5.82 Å². The van der Waals surface area contributed by atoms with Gasteiger partial charge in [-0.1, -0.05) is 12.1 Å². The first kappa shape index (κ1) is 16.6. The molecule has 0 saturated carbocycles. The number of ether oxygens (including phenoxy) is 2. The number of carbonyl (C=O) groups excluding carboxylic acids is 1. The Morgan fingerprint density at radius 3 is 2.71 bits per heavy atom. The largest absolute Gasteiger partial charge is 0.497 e. The Hall–Kier alpha value is -2.21. The number of carbonyl (C=O) groups is 1. The highest BCUT2D eigenvalue weighted by Crippen LogP contribution is 2.43. The second-order valence-corrected chi connectivity index (χ2v) is 6.50. The number of nitrogens with zero attached hydrogens (tertiary/aromatic N) is 1. The number of benzene rings is 2. The number of thioether (sulfide) groups is 1. The lowest BCUT2D eigenvalue weighted by molar-refractivity contribution is 0.0754. The fourth-order valence-corrected chi connectivity index (χ4v) is 4.03. The van der Waals surface area contributed by atoms with Gasteiger partial charge < -0.3 is 14.4 Å². The van der Waals surface area contributed by atoms with Crippen molar-refractivity contribution in [3.63, 3.8) is 0 Å². The minimum Gasteiger partial charge on any atom is -0.497 e. The fraction of sp³-hybridized carbons (Fsp3) is 0.278. The van der Waals surface area contributed by atoms with Crippen LogP contribution >= 0.6 is 11.8 Å². The summed E-state index contributed by atoms with van der Waals surface area (Å²) in [5.74, 6) is 1.33. The monoisotopic (exact) mass is 347 g/mol. The summed E-state index contributed by atoms with van der Waals surface area (Å²) in [4.78, 5) is 14.5. The van der Waals surface area contributed by atoms with E-state index in [0.29, 0.717) is 18.0 Å². The van der Waals surface area contributed by atoms with Gasteiger partial charge in [0.2, 0.25) is 0 Å². The lowest BCUT2D eigenvalue weighted by atomic mass is 10.1. The predicted molar refractivity (Wildman–Crippen MR) is 92.2 cm³/mol. The molecule has 1 amide bonds. The summed E-state index contributed by atoms with van der Waals surface area (Å²) >= 11 is 1.64. The number of amides is 1. The molecule has 2 aromatic rings. The first-order valence-electron chi connectivity index (χ1n) is 7.54. The zero-order valence-electron chi connectivity index (χ0n) is 13.5. The van der Waals surface area contributed by atoms with Crippen LogP contribution in [0.2, 0.25) is 0 Å². The predicted octanol–water partition coefficient (Wildman–Crippen LogP) is 3.73. The van der Waals surface area contributed by atoms with E-state index in [1.165, 1.54) is 12.1 Å². The Bertz CT molecular complexity index is 753. The molecule has 6 heteroatoms. The van der Waals surface area contributed by atoms with Crippen LogP contribution in [0.5, 0.6) is 11.5 Å². The molecule has 1 aliphatic heterocycles. The molecule has 2 aromatic carbocycles. The van der Waals surface area contributed by atoms with E-state index in [9.17, 15) is 9.18 Å². The molecule has 0 spiro atoms. The minimum absolute atomic E-state index is 0.0949. The first-order valence-corrected chi connectivity index (χ1v) is 8.59. The lowest BCUT2D eigenvalue weighted by Gasteiger charge is -2.26. The van der Waals surface area contributed by atoms with Crippen molar-refractivity contribution in [3.05, 3.63) is 59.4 Å². The molecule has 0 radical (unpaired) electrons. The average molecular weight is 347 g/mol. The normalized spacial score (nSPS) is 17.0. The van der Waals surface area contributed by atoms with Crippen molar-refractivity contribution in [2.45, 2.75) is 5.37 Å². The summed E-state index contributed by atoms with van der Waals surface area (Å²) in [6.07, 6.45) is 0. The third-order valence-electron chi connectivity index (χ3n) is 3.96. The number of halogens is 1. The summed E-state index contributed by atoms with van der Waals surface area (Å²) in [5.41, 5.74) is 0.975. The summed E-state index contributed by atoms with van der Waals surface area (Å²) in [6.45, 7) is 0.567. The summed E-state index contributed by atoms with van der Waals surface area (Å²) in [5, 5.41) is -0.210. The van der Waals surface area contributed by atoms with Gasteiger partial charge >= 0.3 is 0 Å². The summed E-state index contributed by atoms with van der Waals surface area (Å²) in [7, 11) is 3.17. The fourth-order valence-electron chi connectivity index (χ4n) is 2.75. The van der Waals surface area contributed by atoms with Crippen molar-refractivity contribution < 1.29 is 18.7 Å². The van der Waals surface area contributed by atoms with E-state index < -0.39 is 5.82 Å². The van der Waals surface area contributed by atoms with Crippen molar-refractivity contribution in [1.82, 2.24) is 4.90 Å². The quantitative estimate of drug-likeness (QED) is 0.845. The van der Waals surface area contributed by atoms with Crippen LogP contribution < -0.4 is 9.47 Å². The van der Waals surface area contributed by atoms with E-state index in [1.54, 1.807) is 49.1 Å². The van der Waals surface area contributed by atoms with E-state index in [4.69, 9.17) is 9.47 Å². The van der Waals surface area contributed by atoms with Crippen molar-refractivity contribution in [3.8, 4) is 11.5 Å². The number of hydrogen-bond acceptors (Lipinski definition) is 4. The van der Waals surface area contributed by atoms with Crippen LogP contribution in [-0.4, -0.2) is 37.3 Å². The number of rotatable bonds is 4.